The van der Waals surface area contributed by atoms with Crippen LogP contribution in [0.15, 0.2) is 57.9 Å². The van der Waals surface area contributed by atoms with Crippen LogP contribution in [0, 0.1) is 6.92 Å². The molecule has 7 heteroatoms. The van der Waals surface area contributed by atoms with Gasteiger partial charge in [0.2, 0.25) is 10.0 Å². The Morgan fingerprint density at radius 3 is 2.46 bits per heavy atom. The van der Waals surface area contributed by atoms with Crippen LogP contribution in [0.5, 0.6) is 0 Å². The lowest BCUT2D eigenvalue weighted by molar-refractivity contribution is 0.469. The van der Waals surface area contributed by atoms with Crippen LogP contribution in [0.2, 0.25) is 0 Å². The van der Waals surface area contributed by atoms with E-state index in [4.69, 9.17) is 5.73 Å². The second kappa shape index (κ2) is 7.54. The number of aryl methyl sites for hydroxylation is 1. The van der Waals surface area contributed by atoms with Gasteiger partial charge < -0.3 is 5.73 Å². The summed E-state index contributed by atoms with van der Waals surface area (Å²) < 4.78 is 28.2. The maximum atomic E-state index is 13.0. The molecule has 0 aliphatic carbocycles. The zero-order valence-electron chi connectivity index (χ0n) is 13.2. The summed E-state index contributed by atoms with van der Waals surface area (Å²) in [5, 5.41) is 0. The highest BCUT2D eigenvalue weighted by Gasteiger charge is 2.38. The lowest BCUT2D eigenvalue weighted by Crippen LogP contribution is -2.32. The lowest BCUT2D eigenvalue weighted by Gasteiger charge is -2.18. The Labute approximate surface area is 157 Å². The van der Waals surface area contributed by atoms with Gasteiger partial charge in [0.05, 0.1) is 4.90 Å². The van der Waals surface area contributed by atoms with Gasteiger partial charge in [-0.2, -0.15) is 4.31 Å². The van der Waals surface area contributed by atoms with Crippen molar-refractivity contribution < 1.29 is 8.42 Å². The van der Waals surface area contributed by atoms with Gasteiger partial charge in [-0.1, -0.05) is 52.3 Å². The first kappa shape index (κ1) is 19.4. The molecule has 1 saturated heterocycles. The molecule has 2 N–H and O–H groups in total. The van der Waals surface area contributed by atoms with Gasteiger partial charge in [0.1, 0.15) is 0 Å². The molecule has 130 valence electrons. The number of nitrogens with zero attached hydrogens (tertiary/aromatic N) is 1. The molecule has 2 atom stereocenters. The molecule has 0 aromatic heterocycles. The molecular formula is C17H20BrClN2O2S. The molecule has 1 fully saturated rings. The lowest BCUT2D eigenvalue weighted by atomic mass is 9.95. The molecule has 4 nitrogen and oxygen atoms in total. The van der Waals surface area contributed by atoms with Crippen LogP contribution in [-0.4, -0.2) is 31.9 Å². The molecular weight excluding hydrogens is 412 g/mol. The average molecular weight is 432 g/mol. The number of nitrogens with two attached hydrogens (primary N) is 1. The molecule has 2 aromatic rings. The standard InChI is InChI=1S/C17H19BrN2O2S.ClH/c1-12-7-8-14(18)9-17(12)23(21,22)20-10-15(16(19)11-20)13-5-3-2-4-6-13;/h2-9,15-16H,10-11,19H2,1H3;1H/t15-,16+;/m0./s1. The van der Waals surface area contributed by atoms with Crippen molar-refractivity contribution in [3.63, 3.8) is 0 Å². The normalized spacial score (nSPS) is 21.5. The van der Waals surface area contributed by atoms with Crippen molar-refractivity contribution in [2.24, 2.45) is 5.73 Å². The minimum Gasteiger partial charge on any atom is -0.326 e. The highest BCUT2D eigenvalue weighted by atomic mass is 79.9. The summed E-state index contributed by atoms with van der Waals surface area (Å²) in [6.45, 7) is 2.57. The van der Waals surface area contributed by atoms with Crippen molar-refractivity contribution in [2.45, 2.75) is 23.8 Å². The van der Waals surface area contributed by atoms with E-state index in [9.17, 15) is 8.42 Å². The third-order valence-corrected chi connectivity index (χ3v) is 6.79. The molecule has 1 aliphatic rings. The zero-order chi connectivity index (χ0) is 16.6. The molecule has 3 rings (SSSR count). The van der Waals surface area contributed by atoms with E-state index in [0.29, 0.717) is 18.0 Å². The van der Waals surface area contributed by atoms with E-state index < -0.39 is 10.0 Å². The average Bonchev–Trinajstić information content (AvgIpc) is 2.93. The zero-order valence-corrected chi connectivity index (χ0v) is 16.4. The summed E-state index contributed by atoms with van der Waals surface area (Å²) in [5.41, 5.74) is 8.06. The number of hydrogen-bond acceptors (Lipinski definition) is 3. The SMILES string of the molecule is Cc1ccc(Br)cc1S(=O)(=O)N1C[C@@H](N)[C@H](c2ccccc2)C1.Cl. The predicted molar refractivity (Wildman–Crippen MR) is 102 cm³/mol. The topological polar surface area (TPSA) is 63.4 Å². The third-order valence-electron chi connectivity index (χ3n) is 4.33. The predicted octanol–water partition coefficient (Wildman–Crippen LogP) is 3.29. The smallest absolute Gasteiger partial charge is 0.243 e. The van der Waals surface area contributed by atoms with Crippen LogP contribution in [0.3, 0.4) is 0 Å². The number of rotatable bonds is 3. The van der Waals surface area contributed by atoms with Crippen molar-refractivity contribution in [2.75, 3.05) is 13.1 Å². The Balaban J connectivity index is 0.00000208. The Morgan fingerprint density at radius 2 is 1.79 bits per heavy atom. The summed E-state index contributed by atoms with van der Waals surface area (Å²) in [5.74, 6) is 0.0263. The fourth-order valence-electron chi connectivity index (χ4n) is 3.03. The van der Waals surface area contributed by atoms with Gasteiger partial charge in [-0.3, -0.25) is 0 Å². The minimum absolute atomic E-state index is 0. The van der Waals surface area contributed by atoms with Crippen molar-refractivity contribution in [1.29, 1.82) is 0 Å². The van der Waals surface area contributed by atoms with E-state index in [-0.39, 0.29) is 24.4 Å². The van der Waals surface area contributed by atoms with E-state index in [1.54, 1.807) is 6.07 Å². The van der Waals surface area contributed by atoms with Crippen molar-refractivity contribution in [1.82, 2.24) is 4.31 Å². The van der Waals surface area contributed by atoms with Crippen LogP contribution in [0.4, 0.5) is 0 Å². The van der Waals surface area contributed by atoms with Crippen molar-refractivity contribution >= 4 is 38.4 Å². The molecule has 0 amide bonds. The summed E-state index contributed by atoms with van der Waals surface area (Å²) >= 11 is 3.35. The summed E-state index contributed by atoms with van der Waals surface area (Å²) in [6.07, 6.45) is 0. The molecule has 0 spiro atoms. The first-order chi connectivity index (χ1) is 10.9. The fraction of sp³-hybridized carbons (Fsp3) is 0.294. The highest BCUT2D eigenvalue weighted by Crippen LogP contribution is 2.32. The maximum Gasteiger partial charge on any atom is 0.243 e. The van der Waals surface area contributed by atoms with Gasteiger partial charge in [0, 0.05) is 29.5 Å². The molecule has 1 aliphatic heterocycles. The summed E-state index contributed by atoms with van der Waals surface area (Å²) in [7, 11) is -3.54. The van der Waals surface area contributed by atoms with E-state index in [1.165, 1.54) is 4.31 Å². The molecule has 0 radical (unpaired) electrons. The fourth-order valence-corrected chi connectivity index (χ4v) is 5.30. The summed E-state index contributed by atoms with van der Waals surface area (Å²) in [4.78, 5) is 0.341. The maximum absolute atomic E-state index is 13.0. The van der Waals surface area contributed by atoms with Crippen LogP contribution >= 0.6 is 28.3 Å². The van der Waals surface area contributed by atoms with E-state index in [2.05, 4.69) is 15.9 Å². The van der Waals surface area contributed by atoms with Crippen LogP contribution in [0.1, 0.15) is 17.0 Å². The Hall–Kier alpha value is -0.920. The third kappa shape index (κ3) is 3.68. The second-order valence-electron chi connectivity index (χ2n) is 5.91. The number of halogens is 2. The quantitative estimate of drug-likeness (QED) is 0.811. The monoisotopic (exact) mass is 430 g/mol. The van der Waals surface area contributed by atoms with Gasteiger partial charge >= 0.3 is 0 Å². The largest absolute Gasteiger partial charge is 0.326 e. The van der Waals surface area contributed by atoms with E-state index >= 15 is 0 Å². The molecule has 1 heterocycles. The molecule has 0 saturated carbocycles. The molecule has 0 bridgehead atoms. The van der Waals surface area contributed by atoms with Gasteiger partial charge in [0.25, 0.3) is 0 Å². The Bertz CT molecular complexity index is 815. The van der Waals surface area contributed by atoms with Crippen molar-refractivity contribution in [3.05, 3.63) is 64.1 Å². The Kier molecular flexibility index (Phi) is 6.09. The molecule has 2 aromatic carbocycles. The van der Waals surface area contributed by atoms with Crippen LogP contribution in [0.25, 0.3) is 0 Å². The van der Waals surface area contributed by atoms with Gasteiger partial charge in [-0.25, -0.2) is 8.42 Å². The first-order valence-electron chi connectivity index (χ1n) is 7.46. The van der Waals surface area contributed by atoms with Crippen LogP contribution in [-0.2, 0) is 10.0 Å². The van der Waals surface area contributed by atoms with Gasteiger partial charge in [-0.15, -0.1) is 12.4 Å². The van der Waals surface area contributed by atoms with E-state index in [0.717, 1.165) is 15.6 Å². The summed E-state index contributed by atoms with van der Waals surface area (Å²) in [6, 6.07) is 15.0. The first-order valence-corrected chi connectivity index (χ1v) is 9.70. The molecule has 0 unspecified atom stereocenters. The van der Waals surface area contributed by atoms with E-state index in [1.807, 2.05) is 49.4 Å². The number of benzene rings is 2. The van der Waals surface area contributed by atoms with Crippen LogP contribution < -0.4 is 5.73 Å². The number of sulfonamides is 1. The highest BCUT2D eigenvalue weighted by molar-refractivity contribution is 9.10. The van der Waals surface area contributed by atoms with Gasteiger partial charge in [-0.05, 0) is 30.2 Å². The Morgan fingerprint density at radius 1 is 1.12 bits per heavy atom. The van der Waals surface area contributed by atoms with Gasteiger partial charge in [0.15, 0.2) is 0 Å². The molecule has 24 heavy (non-hydrogen) atoms. The second-order valence-corrected chi connectivity index (χ2v) is 8.73. The van der Waals surface area contributed by atoms with Crippen molar-refractivity contribution in [3.8, 4) is 0 Å². The minimum atomic E-state index is -3.54. The number of hydrogen-bond donors (Lipinski definition) is 1.